The van der Waals surface area contributed by atoms with Gasteiger partial charge in [0.05, 0.1) is 12.9 Å². The van der Waals surface area contributed by atoms with E-state index in [1.807, 2.05) is 0 Å². The van der Waals surface area contributed by atoms with Gasteiger partial charge in [-0.05, 0) is 22.2 Å². The quantitative estimate of drug-likeness (QED) is 0.287. The van der Waals surface area contributed by atoms with Crippen LogP contribution in [-0.4, -0.2) is 68.2 Å². The third kappa shape index (κ3) is 5.51. The fraction of sp³-hybridized carbons (Fsp3) is 0.818. The highest BCUT2D eigenvalue weighted by atomic mass is 28.4. The van der Waals surface area contributed by atoms with Crippen LogP contribution in [0.15, 0.2) is 11.3 Å². The minimum atomic E-state index is -2.70. The second kappa shape index (κ2) is 11.0. The van der Waals surface area contributed by atoms with Gasteiger partial charge in [0.1, 0.15) is 36.0 Å². The van der Waals surface area contributed by atoms with Gasteiger partial charge in [0.2, 0.25) is 9.04 Å². The van der Waals surface area contributed by atoms with E-state index in [1.165, 1.54) is 6.33 Å². The number of aromatic nitrogens is 2. The maximum absolute atomic E-state index is 10.9. The molecule has 0 aromatic carbocycles. The third-order valence-electron chi connectivity index (χ3n) is 6.74. The number of hydrogen-bond acceptors (Lipinski definition) is 10. The number of aliphatic imine (C=N–C) groups is 1. The van der Waals surface area contributed by atoms with E-state index in [-0.39, 0.29) is 23.6 Å². The molecule has 5 atom stereocenters. The average Bonchev–Trinajstić information content (AvgIpc) is 3.29. The minimum Gasteiger partial charge on any atom is -0.435 e. The van der Waals surface area contributed by atoms with E-state index in [1.54, 1.807) is 4.57 Å². The smallest absolute Gasteiger partial charge is 0.333 e. The molecule has 1 saturated heterocycles. The van der Waals surface area contributed by atoms with Crippen molar-refractivity contribution in [2.45, 2.75) is 108 Å². The number of nitrogens with one attached hydrogen (secondary N) is 1. The number of imidazole rings is 1. The minimum absolute atomic E-state index is 0.121. The topological polar surface area (TPSA) is 162 Å². The Morgan fingerprint density at radius 2 is 1.71 bits per heavy atom. The molecule has 199 valence electrons. The number of fused-ring (bicyclic) bond motifs is 1. The summed E-state index contributed by atoms with van der Waals surface area (Å²) in [6.45, 7) is 17.6. The fourth-order valence-electron chi connectivity index (χ4n) is 4.94. The van der Waals surface area contributed by atoms with Crippen LogP contribution >= 0.6 is 0 Å². The Balaban J connectivity index is 1.80. The van der Waals surface area contributed by atoms with Gasteiger partial charge in [0, 0.05) is 0 Å². The highest BCUT2D eigenvalue weighted by Gasteiger charge is 2.51. The summed E-state index contributed by atoms with van der Waals surface area (Å²) < 4.78 is 21.3. The molecular formula is C22H43N6O5Si2. The number of guanidine groups is 1. The van der Waals surface area contributed by atoms with Gasteiger partial charge in [-0.3, -0.25) is 4.57 Å². The number of anilines is 1. The first-order valence-corrected chi connectivity index (χ1v) is 16.0. The zero-order chi connectivity index (χ0) is 26.2. The monoisotopic (exact) mass is 527 g/mol. The zero-order valence-corrected chi connectivity index (χ0v) is 24.1. The standard InChI is InChI=1S/C22H43N6O5Si2/c1-11(2)34(12(3)4)33-35(13(5)6,14(7)8)31-9-15-17(29)18(30)21(32-15)28-10-25-16-19(23)26-22(24)27-20(16)28/h10-15,17-19,21,29-30H,9,23H2,1-8H3,(H3,24,26,27)/t15-,17?,18+,19?,21-/m1/s1. The molecule has 7 N–H and O–H groups in total. The first-order valence-electron chi connectivity index (χ1n) is 12.4. The highest BCUT2D eigenvalue weighted by molar-refractivity contribution is 6.78. The summed E-state index contributed by atoms with van der Waals surface area (Å²) in [6, 6.07) is 0. The van der Waals surface area contributed by atoms with Crippen molar-refractivity contribution in [2.24, 2.45) is 16.5 Å². The molecule has 1 fully saturated rings. The second-order valence-corrected chi connectivity index (χ2v) is 18.6. The van der Waals surface area contributed by atoms with Crippen LogP contribution in [-0.2, 0) is 13.3 Å². The number of nitrogens with two attached hydrogens (primary N) is 2. The van der Waals surface area contributed by atoms with Crippen molar-refractivity contribution in [3.63, 3.8) is 0 Å². The van der Waals surface area contributed by atoms with Crippen molar-refractivity contribution >= 4 is 29.4 Å². The maximum Gasteiger partial charge on any atom is 0.333 e. The van der Waals surface area contributed by atoms with Crippen LogP contribution in [0.3, 0.4) is 0 Å². The Kier molecular flexibility index (Phi) is 8.85. The molecule has 2 aliphatic rings. The Labute approximate surface area is 211 Å². The number of aliphatic hydroxyl groups excluding tert-OH is 2. The molecule has 2 aliphatic heterocycles. The maximum atomic E-state index is 10.9. The summed E-state index contributed by atoms with van der Waals surface area (Å²) in [5.74, 6) is 0.634. The van der Waals surface area contributed by atoms with Crippen molar-refractivity contribution < 1.29 is 23.5 Å². The highest BCUT2D eigenvalue weighted by Crippen LogP contribution is 2.40. The molecular weight excluding hydrogens is 484 g/mol. The van der Waals surface area contributed by atoms with Crippen molar-refractivity contribution in [2.75, 3.05) is 11.9 Å². The molecule has 0 amide bonds. The molecule has 1 aromatic heterocycles. The molecule has 0 aliphatic carbocycles. The number of ether oxygens (including phenoxy) is 1. The van der Waals surface area contributed by atoms with E-state index in [2.05, 4.69) is 70.7 Å². The Bertz CT molecular complexity index is 880. The van der Waals surface area contributed by atoms with Crippen molar-refractivity contribution in [3.8, 4) is 0 Å². The Morgan fingerprint density at radius 3 is 2.26 bits per heavy atom. The predicted octanol–water partition coefficient (Wildman–Crippen LogP) is 2.31. The van der Waals surface area contributed by atoms with Crippen LogP contribution in [0.1, 0.15) is 73.5 Å². The van der Waals surface area contributed by atoms with Crippen LogP contribution in [0.4, 0.5) is 5.82 Å². The van der Waals surface area contributed by atoms with Crippen LogP contribution in [0.2, 0.25) is 22.2 Å². The number of rotatable bonds is 10. The van der Waals surface area contributed by atoms with Gasteiger partial charge in [-0.25, -0.2) is 9.98 Å². The summed E-state index contributed by atoms with van der Waals surface area (Å²) in [4.78, 5) is 8.35. The molecule has 35 heavy (non-hydrogen) atoms. The van der Waals surface area contributed by atoms with Crippen LogP contribution in [0.25, 0.3) is 0 Å². The van der Waals surface area contributed by atoms with E-state index in [9.17, 15) is 10.2 Å². The Morgan fingerprint density at radius 1 is 1.11 bits per heavy atom. The van der Waals surface area contributed by atoms with Crippen LogP contribution < -0.4 is 16.8 Å². The molecule has 13 heteroatoms. The first-order chi connectivity index (χ1) is 16.3. The fourth-order valence-corrected chi connectivity index (χ4v) is 14.2. The summed E-state index contributed by atoms with van der Waals surface area (Å²) in [7, 11) is -3.83. The molecule has 11 nitrogen and oxygen atoms in total. The number of aliphatic hydroxyl groups is 2. The molecule has 1 aromatic rings. The van der Waals surface area contributed by atoms with Gasteiger partial charge < -0.3 is 40.3 Å². The van der Waals surface area contributed by atoms with Gasteiger partial charge in [-0.15, -0.1) is 0 Å². The lowest BCUT2D eigenvalue weighted by Crippen LogP contribution is -2.54. The number of hydrogen-bond donors (Lipinski definition) is 5. The summed E-state index contributed by atoms with van der Waals surface area (Å²) in [5, 5.41) is 24.7. The van der Waals surface area contributed by atoms with E-state index in [0.717, 1.165) is 0 Å². The van der Waals surface area contributed by atoms with Crippen LogP contribution in [0.5, 0.6) is 0 Å². The van der Waals surface area contributed by atoms with Crippen LogP contribution in [0, 0.1) is 0 Å². The zero-order valence-electron chi connectivity index (χ0n) is 22.1. The van der Waals surface area contributed by atoms with Gasteiger partial charge >= 0.3 is 8.56 Å². The molecule has 2 unspecified atom stereocenters. The number of nitrogens with zero attached hydrogens (tertiary/aromatic N) is 3. The molecule has 3 rings (SSSR count). The lowest BCUT2D eigenvalue weighted by atomic mass is 10.1. The molecule has 0 bridgehead atoms. The Hall–Kier alpha value is -1.33. The van der Waals surface area contributed by atoms with Gasteiger partial charge in [0.15, 0.2) is 12.2 Å². The lowest BCUT2D eigenvalue weighted by molar-refractivity contribution is -0.0523. The summed E-state index contributed by atoms with van der Waals surface area (Å²) in [6.07, 6.45) is -3.18. The van der Waals surface area contributed by atoms with Crippen molar-refractivity contribution in [1.29, 1.82) is 0 Å². The summed E-state index contributed by atoms with van der Waals surface area (Å²) >= 11 is 0. The van der Waals surface area contributed by atoms with Crippen molar-refractivity contribution in [1.82, 2.24) is 9.55 Å². The molecule has 1 radical (unpaired) electrons. The van der Waals surface area contributed by atoms with Gasteiger partial charge in [0.25, 0.3) is 0 Å². The largest absolute Gasteiger partial charge is 0.435 e. The van der Waals surface area contributed by atoms with Gasteiger partial charge in [-0.2, -0.15) is 0 Å². The normalized spacial score (nSPS) is 27.3. The van der Waals surface area contributed by atoms with E-state index >= 15 is 0 Å². The lowest BCUT2D eigenvalue weighted by Gasteiger charge is -2.42. The molecule has 3 heterocycles. The molecule has 0 saturated carbocycles. The average molecular weight is 528 g/mol. The molecule has 0 spiro atoms. The van der Waals surface area contributed by atoms with E-state index in [0.29, 0.717) is 22.6 Å². The van der Waals surface area contributed by atoms with E-state index < -0.39 is 48.3 Å². The third-order valence-corrected chi connectivity index (χ3v) is 15.1. The van der Waals surface area contributed by atoms with Gasteiger partial charge in [-0.1, -0.05) is 55.4 Å². The second-order valence-electron chi connectivity index (χ2n) is 10.7. The summed E-state index contributed by atoms with van der Waals surface area (Å²) in [5.41, 5.74) is 13.6. The first kappa shape index (κ1) is 28.2. The van der Waals surface area contributed by atoms with E-state index in [4.69, 9.17) is 24.7 Å². The SMILES string of the molecule is CC(C)[Si](O[Si](OC[C@H]1O[C@@H](n2cnc3c2NC(N)=NC3N)[C@@H](O)C1O)(C(C)C)C(C)C)C(C)C. The van der Waals surface area contributed by atoms with Crippen molar-refractivity contribution in [3.05, 3.63) is 12.0 Å². The predicted molar refractivity (Wildman–Crippen MR) is 139 cm³/mol.